The van der Waals surface area contributed by atoms with Crippen LogP contribution in [0.5, 0.6) is 0 Å². The van der Waals surface area contributed by atoms with Crippen LogP contribution in [0.1, 0.15) is 51.4 Å². The molecule has 2 atom stereocenters. The molecule has 1 aliphatic carbocycles. The number of rotatable bonds is 3. The lowest BCUT2D eigenvalue weighted by molar-refractivity contribution is -0.142. The van der Waals surface area contributed by atoms with Crippen LogP contribution in [0.3, 0.4) is 0 Å². The van der Waals surface area contributed by atoms with Gasteiger partial charge < -0.3 is 20.7 Å². The summed E-state index contributed by atoms with van der Waals surface area (Å²) >= 11 is 0. The van der Waals surface area contributed by atoms with Gasteiger partial charge in [0.2, 0.25) is 0 Å². The van der Waals surface area contributed by atoms with Gasteiger partial charge in [-0.15, -0.1) is 0 Å². The van der Waals surface area contributed by atoms with Crippen LogP contribution in [0.4, 0.5) is 4.79 Å². The fourth-order valence-electron chi connectivity index (χ4n) is 3.84. The van der Waals surface area contributed by atoms with E-state index in [1.54, 1.807) is 4.90 Å². The van der Waals surface area contributed by atoms with Crippen LogP contribution in [0, 0.1) is 5.92 Å². The normalized spacial score (nSPS) is 26.8. The number of esters is 1. The van der Waals surface area contributed by atoms with Gasteiger partial charge in [-0.3, -0.25) is 9.59 Å². The largest absolute Gasteiger partial charge is 0.468 e. The molecular formula is C17H29N3O4. The maximum absolute atomic E-state index is 12.1. The predicted molar refractivity (Wildman–Crippen MR) is 89.3 cm³/mol. The van der Waals surface area contributed by atoms with Crippen LogP contribution in [0.25, 0.3) is 0 Å². The number of carbonyl (C=O) groups is 3. The molecule has 2 amide bonds. The first-order valence-corrected chi connectivity index (χ1v) is 8.95. The van der Waals surface area contributed by atoms with Crippen molar-refractivity contribution in [1.82, 2.24) is 10.2 Å². The Morgan fingerprint density at radius 1 is 1.04 bits per heavy atom. The lowest BCUT2D eigenvalue weighted by Gasteiger charge is -2.23. The fraction of sp³-hybridized carbons (Fsp3) is 0.824. The van der Waals surface area contributed by atoms with E-state index in [-0.39, 0.29) is 29.8 Å². The Bertz CT molecular complexity index is 457. The van der Waals surface area contributed by atoms with Crippen molar-refractivity contribution in [3.63, 3.8) is 0 Å². The summed E-state index contributed by atoms with van der Waals surface area (Å²) in [6.07, 6.45) is 8.03. The van der Waals surface area contributed by atoms with Gasteiger partial charge in [0.15, 0.2) is 5.78 Å². The topological polar surface area (TPSA) is 102 Å². The number of likely N-dealkylation sites (tertiary alicyclic amines) is 1. The average Bonchev–Trinajstić information content (AvgIpc) is 3.36. The zero-order valence-corrected chi connectivity index (χ0v) is 14.5. The van der Waals surface area contributed by atoms with Crippen LogP contribution in [-0.4, -0.2) is 55.0 Å². The van der Waals surface area contributed by atoms with Crippen molar-refractivity contribution in [2.75, 3.05) is 20.2 Å². The Balaban J connectivity index is 0.000000198. The van der Waals surface area contributed by atoms with Crippen molar-refractivity contribution in [1.29, 1.82) is 0 Å². The van der Waals surface area contributed by atoms with Crippen LogP contribution < -0.4 is 11.1 Å². The Morgan fingerprint density at radius 2 is 1.75 bits per heavy atom. The number of ether oxygens (including phenoxy) is 1. The number of hydrogen-bond donors (Lipinski definition) is 2. The highest BCUT2D eigenvalue weighted by Gasteiger charge is 2.37. The number of nitrogens with two attached hydrogens (primary N) is 1. The Labute approximate surface area is 143 Å². The molecule has 3 rings (SSSR count). The number of Topliss-reactive ketones (excluding diaryl/α,β-unsaturated/α-hetero) is 1. The number of urea groups is 1. The number of carbonyl (C=O) groups excluding carboxylic acids is 3. The summed E-state index contributed by atoms with van der Waals surface area (Å²) < 4.78 is 4.53. The summed E-state index contributed by atoms with van der Waals surface area (Å²) in [5, 5.41) is 3.03. The second-order valence-electron chi connectivity index (χ2n) is 6.75. The van der Waals surface area contributed by atoms with Gasteiger partial charge in [-0.2, -0.15) is 0 Å². The van der Waals surface area contributed by atoms with E-state index in [1.165, 1.54) is 7.11 Å². The van der Waals surface area contributed by atoms with Crippen LogP contribution in [0.2, 0.25) is 0 Å². The zero-order chi connectivity index (χ0) is 17.5. The highest BCUT2D eigenvalue weighted by atomic mass is 16.5. The van der Waals surface area contributed by atoms with E-state index in [0.717, 1.165) is 57.9 Å². The molecule has 7 heteroatoms. The molecule has 136 valence electrons. The van der Waals surface area contributed by atoms with E-state index in [9.17, 15) is 14.4 Å². The van der Waals surface area contributed by atoms with Crippen molar-refractivity contribution in [2.45, 2.75) is 63.5 Å². The SMILES string of the molecule is COC(=O)[C@@H]1CCCN1.NC(=O)N1CCC[C@H]1C(=O)C1CCCC1. The summed E-state index contributed by atoms with van der Waals surface area (Å²) in [5.41, 5.74) is 5.26. The van der Waals surface area contributed by atoms with Gasteiger partial charge in [-0.25, -0.2) is 4.79 Å². The lowest BCUT2D eigenvalue weighted by atomic mass is 9.95. The second kappa shape index (κ2) is 9.01. The molecule has 0 aromatic heterocycles. The predicted octanol–water partition coefficient (Wildman–Crippen LogP) is 1.20. The van der Waals surface area contributed by atoms with Crippen molar-refractivity contribution in [3.05, 3.63) is 0 Å². The molecule has 0 radical (unpaired) electrons. The Morgan fingerprint density at radius 3 is 2.29 bits per heavy atom. The van der Waals surface area contributed by atoms with Gasteiger partial charge in [-0.1, -0.05) is 12.8 Å². The highest BCUT2D eigenvalue weighted by molar-refractivity contribution is 5.90. The van der Waals surface area contributed by atoms with E-state index in [0.29, 0.717) is 6.54 Å². The quantitative estimate of drug-likeness (QED) is 0.752. The van der Waals surface area contributed by atoms with Crippen molar-refractivity contribution >= 4 is 17.8 Å². The number of amides is 2. The minimum Gasteiger partial charge on any atom is -0.468 e. The number of nitrogens with zero attached hydrogens (tertiary/aromatic N) is 1. The fourth-order valence-corrected chi connectivity index (χ4v) is 3.84. The Kier molecular flexibility index (Phi) is 7.02. The first kappa shape index (κ1) is 18.7. The molecule has 2 aliphatic heterocycles. The third-order valence-electron chi connectivity index (χ3n) is 5.17. The monoisotopic (exact) mass is 339 g/mol. The van der Waals surface area contributed by atoms with Crippen LogP contribution in [0.15, 0.2) is 0 Å². The molecule has 3 fully saturated rings. The smallest absolute Gasteiger partial charge is 0.322 e. The number of methoxy groups -OCH3 is 1. The molecular weight excluding hydrogens is 310 g/mol. The average molecular weight is 339 g/mol. The molecule has 0 bridgehead atoms. The molecule has 0 unspecified atom stereocenters. The minimum atomic E-state index is -0.441. The second-order valence-corrected chi connectivity index (χ2v) is 6.75. The van der Waals surface area contributed by atoms with Crippen molar-refractivity contribution in [3.8, 4) is 0 Å². The molecule has 3 aliphatic rings. The van der Waals surface area contributed by atoms with Crippen molar-refractivity contribution in [2.24, 2.45) is 11.7 Å². The molecule has 24 heavy (non-hydrogen) atoms. The summed E-state index contributed by atoms with van der Waals surface area (Å²) in [7, 11) is 1.42. The molecule has 0 aromatic carbocycles. The molecule has 0 aromatic rings. The van der Waals surface area contributed by atoms with E-state index in [1.807, 2.05) is 0 Å². The number of nitrogens with one attached hydrogen (secondary N) is 1. The van der Waals surface area contributed by atoms with Crippen molar-refractivity contribution < 1.29 is 19.1 Å². The molecule has 2 saturated heterocycles. The summed E-state index contributed by atoms with van der Waals surface area (Å²) in [6.45, 7) is 1.60. The first-order chi connectivity index (χ1) is 11.5. The van der Waals surface area contributed by atoms with Crippen LogP contribution in [-0.2, 0) is 14.3 Å². The van der Waals surface area contributed by atoms with E-state index < -0.39 is 6.03 Å². The molecule has 7 nitrogen and oxygen atoms in total. The van der Waals surface area contributed by atoms with E-state index in [4.69, 9.17) is 5.73 Å². The standard InChI is InChI=1S/C11H18N2O2.C6H11NO2/c12-11(15)13-7-3-6-9(13)10(14)8-4-1-2-5-8;1-9-6(8)5-3-2-4-7-5/h8-9H,1-7H2,(H2,12,15);5,7H,2-4H2,1H3/t9-;5-/m00/s1. The third kappa shape index (κ3) is 4.69. The summed E-state index contributed by atoms with van der Waals surface area (Å²) in [5.74, 6) is 0.311. The highest BCUT2D eigenvalue weighted by Crippen LogP contribution is 2.30. The molecule has 1 saturated carbocycles. The number of hydrogen-bond acceptors (Lipinski definition) is 5. The van der Waals surface area contributed by atoms with E-state index >= 15 is 0 Å². The van der Waals surface area contributed by atoms with Crippen LogP contribution >= 0.6 is 0 Å². The summed E-state index contributed by atoms with van der Waals surface area (Å²) in [6, 6.07) is -0.690. The van der Waals surface area contributed by atoms with Gasteiger partial charge >= 0.3 is 12.0 Å². The van der Waals surface area contributed by atoms with Gasteiger partial charge in [0.1, 0.15) is 6.04 Å². The first-order valence-electron chi connectivity index (χ1n) is 8.95. The van der Waals surface area contributed by atoms with Gasteiger partial charge in [0, 0.05) is 12.5 Å². The van der Waals surface area contributed by atoms with E-state index in [2.05, 4.69) is 10.1 Å². The number of ketones is 1. The maximum atomic E-state index is 12.1. The van der Waals surface area contributed by atoms with Gasteiger partial charge in [0.05, 0.1) is 13.2 Å². The molecule has 3 N–H and O–H groups in total. The van der Waals surface area contributed by atoms with Gasteiger partial charge in [-0.05, 0) is 45.1 Å². The molecule has 0 spiro atoms. The number of primary amides is 1. The maximum Gasteiger partial charge on any atom is 0.322 e. The minimum absolute atomic E-state index is 0.0324. The lowest BCUT2D eigenvalue weighted by Crippen LogP contribution is -2.45. The Hall–Kier alpha value is -1.63. The summed E-state index contributed by atoms with van der Waals surface area (Å²) in [4.78, 5) is 35.5. The third-order valence-corrected chi connectivity index (χ3v) is 5.17. The zero-order valence-electron chi connectivity index (χ0n) is 14.5. The van der Waals surface area contributed by atoms with Gasteiger partial charge in [0.25, 0.3) is 0 Å². The molecule has 2 heterocycles.